The van der Waals surface area contributed by atoms with Gasteiger partial charge in [0.05, 0.1) is 19.1 Å². The van der Waals surface area contributed by atoms with Crippen molar-refractivity contribution in [1.82, 2.24) is 21.3 Å². The minimum Gasteiger partial charge on any atom is -0.368 e. The third-order valence-corrected chi connectivity index (χ3v) is 6.75. The lowest BCUT2D eigenvalue weighted by Crippen LogP contribution is -2.55. The molecule has 226 valence electrons. The molecule has 0 fully saturated rings. The van der Waals surface area contributed by atoms with Gasteiger partial charge in [-0.15, -0.1) is 0 Å². The molecule has 42 heavy (non-hydrogen) atoms. The van der Waals surface area contributed by atoms with Crippen molar-refractivity contribution in [3.63, 3.8) is 0 Å². The van der Waals surface area contributed by atoms with Crippen molar-refractivity contribution in [3.8, 4) is 0 Å². The first-order valence-electron chi connectivity index (χ1n) is 13.1. The van der Waals surface area contributed by atoms with Crippen molar-refractivity contribution < 1.29 is 28.8 Å². The van der Waals surface area contributed by atoms with E-state index in [9.17, 15) is 28.8 Å². The van der Waals surface area contributed by atoms with E-state index in [1.165, 1.54) is 23.9 Å². The molecule has 3 atom stereocenters. The Morgan fingerprint density at radius 1 is 0.738 bits per heavy atom. The molecule has 13 nitrogen and oxygen atoms in total. The first-order chi connectivity index (χ1) is 20.0. The maximum Gasteiger partial charge on any atom is 0.248 e. The minimum atomic E-state index is -1.04. The van der Waals surface area contributed by atoms with Crippen molar-refractivity contribution >= 4 is 47.2 Å². The standard InChI is InChI=1S/C28H37N7O6S/c1-42-12-11-21(26(31)39)35-28(41)22(14-17-5-3-2-4-6-17)34-24(37)16-32-23(36)15-33-27(40)20(29)13-18-7-9-19(10-8-18)25(30)38/h2-10,20-22H,11-16,29H2,1H3,(H2,30,38)(H2,31,39)(H,32,36)(H,33,40)(H,34,37)(H,35,41)/t20-,21-,22-/m0/s1. The van der Waals surface area contributed by atoms with Crippen LogP contribution in [0.1, 0.15) is 27.9 Å². The number of nitrogens with one attached hydrogen (secondary N) is 4. The summed E-state index contributed by atoms with van der Waals surface area (Å²) >= 11 is 1.50. The molecule has 0 aliphatic heterocycles. The summed E-state index contributed by atoms with van der Waals surface area (Å²) in [6.45, 7) is -0.888. The van der Waals surface area contributed by atoms with E-state index in [0.717, 1.165) is 5.56 Å². The van der Waals surface area contributed by atoms with Gasteiger partial charge in [-0.1, -0.05) is 42.5 Å². The number of primary amides is 2. The van der Waals surface area contributed by atoms with E-state index in [4.69, 9.17) is 17.2 Å². The first-order valence-corrected chi connectivity index (χ1v) is 14.5. The Kier molecular flexibility index (Phi) is 14.0. The summed E-state index contributed by atoms with van der Waals surface area (Å²) in [4.78, 5) is 73.2. The van der Waals surface area contributed by atoms with Gasteiger partial charge in [0.25, 0.3) is 0 Å². The predicted octanol–water partition coefficient (Wildman–Crippen LogP) is -1.66. The summed E-state index contributed by atoms with van der Waals surface area (Å²) in [6.07, 6.45) is 2.49. The van der Waals surface area contributed by atoms with Crippen LogP contribution in [0.3, 0.4) is 0 Å². The van der Waals surface area contributed by atoms with Crippen molar-refractivity contribution in [2.45, 2.75) is 37.4 Å². The second-order valence-corrected chi connectivity index (χ2v) is 10.4. The van der Waals surface area contributed by atoms with Gasteiger partial charge in [-0.25, -0.2) is 0 Å². The monoisotopic (exact) mass is 599 g/mol. The number of rotatable bonds is 17. The molecule has 0 radical (unpaired) electrons. The van der Waals surface area contributed by atoms with Crippen LogP contribution in [0.25, 0.3) is 0 Å². The molecule has 14 heteroatoms. The second kappa shape index (κ2) is 17.4. The number of benzene rings is 2. The number of nitrogens with two attached hydrogens (primary N) is 3. The summed E-state index contributed by atoms with van der Waals surface area (Å²) < 4.78 is 0. The molecule has 0 aliphatic rings. The zero-order chi connectivity index (χ0) is 31.1. The van der Waals surface area contributed by atoms with Gasteiger partial charge in [-0.3, -0.25) is 28.8 Å². The van der Waals surface area contributed by atoms with E-state index < -0.39 is 66.7 Å². The van der Waals surface area contributed by atoms with Crippen LogP contribution in [0.5, 0.6) is 0 Å². The molecule has 0 saturated heterocycles. The number of hydrogen-bond acceptors (Lipinski definition) is 8. The van der Waals surface area contributed by atoms with Crippen LogP contribution >= 0.6 is 11.8 Å². The molecule has 0 heterocycles. The van der Waals surface area contributed by atoms with E-state index >= 15 is 0 Å². The fourth-order valence-electron chi connectivity index (χ4n) is 3.79. The Morgan fingerprint density at radius 3 is 1.95 bits per heavy atom. The highest BCUT2D eigenvalue weighted by atomic mass is 32.2. The first kappa shape index (κ1) is 33.8. The van der Waals surface area contributed by atoms with Crippen LogP contribution in [-0.4, -0.2) is 78.7 Å². The molecule has 2 aromatic carbocycles. The highest BCUT2D eigenvalue weighted by Crippen LogP contribution is 2.07. The third kappa shape index (κ3) is 12.0. The predicted molar refractivity (Wildman–Crippen MR) is 159 cm³/mol. The Morgan fingerprint density at radius 2 is 1.36 bits per heavy atom. The SMILES string of the molecule is CSCC[C@H](NC(=O)[C@H](Cc1ccccc1)NC(=O)CNC(=O)CNC(=O)[C@@H](N)Cc1ccc(C(N)=O)cc1)C(N)=O. The third-order valence-electron chi connectivity index (χ3n) is 6.11. The van der Waals surface area contributed by atoms with Crippen molar-refractivity contribution in [2.75, 3.05) is 25.1 Å². The zero-order valence-corrected chi connectivity index (χ0v) is 24.1. The summed E-state index contributed by atoms with van der Waals surface area (Å²) in [5.41, 5.74) is 18.3. The summed E-state index contributed by atoms with van der Waals surface area (Å²) in [6, 6.07) is 12.4. The highest BCUT2D eigenvalue weighted by molar-refractivity contribution is 7.98. The number of carbonyl (C=O) groups is 6. The topological polar surface area (TPSA) is 229 Å². The molecule has 2 aromatic rings. The van der Waals surface area contributed by atoms with E-state index in [1.807, 2.05) is 12.3 Å². The fraction of sp³-hybridized carbons (Fsp3) is 0.357. The molecular weight excluding hydrogens is 562 g/mol. The Labute approximate surface area is 248 Å². The number of carbonyl (C=O) groups excluding carboxylic acids is 6. The molecule has 0 aliphatic carbocycles. The maximum absolute atomic E-state index is 13.0. The van der Waals surface area contributed by atoms with Crippen LogP contribution in [0.4, 0.5) is 0 Å². The van der Waals surface area contributed by atoms with Crippen LogP contribution in [0.15, 0.2) is 54.6 Å². The number of amides is 6. The molecule has 0 aromatic heterocycles. The normalized spacial score (nSPS) is 12.7. The van der Waals surface area contributed by atoms with E-state index in [2.05, 4.69) is 21.3 Å². The van der Waals surface area contributed by atoms with Gasteiger partial charge in [0.2, 0.25) is 35.4 Å². The van der Waals surface area contributed by atoms with Gasteiger partial charge in [0, 0.05) is 12.0 Å². The average Bonchev–Trinajstić information content (AvgIpc) is 2.97. The molecular formula is C28H37N7O6S. The molecule has 0 unspecified atom stereocenters. The lowest BCUT2D eigenvalue weighted by Gasteiger charge is -2.22. The molecule has 0 saturated carbocycles. The van der Waals surface area contributed by atoms with Crippen LogP contribution in [0.2, 0.25) is 0 Å². The largest absolute Gasteiger partial charge is 0.368 e. The van der Waals surface area contributed by atoms with Crippen molar-refractivity contribution in [3.05, 3.63) is 71.3 Å². The summed E-state index contributed by atoms with van der Waals surface area (Å²) in [7, 11) is 0. The van der Waals surface area contributed by atoms with Gasteiger partial charge >= 0.3 is 0 Å². The van der Waals surface area contributed by atoms with Gasteiger partial charge in [-0.2, -0.15) is 11.8 Å². The van der Waals surface area contributed by atoms with Gasteiger partial charge in [-0.05, 0) is 48.1 Å². The smallest absolute Gasteiger partial charge is 0.248 e. The van der Waals surface area contributed by atoms with Crippen LogP contribution < -0.4 is 38.5 Å². The van der Waals surface area contributed by atoms with Crippen molar-refractivity contribution in [1.29, 1.82) is 0 Å². The Hall–Kier alpha value is -4.43. The molecule has 2 rings (SSSR count). The highest BCUT2D eigenvalue weighted by Gasteiger charge is 2.26. The molecule has 6 amide bonds. The van der Waals surface area contributed by atoms with E-state index in [1.54, 1.807) is 36.4 Å². The lowest BCUT2D eigenvalue weighted by atomic mass is 10.0. The van der Waals surface area contributed by atoms with E-state index in [0.29, 0.717) is 23.3 Å². The van der Waals surface area contributed by atoms with Gasteiger partial charge in [0.15, 0.2) is 0 Å². The van der Waals surface area contributed by atoms with Crippen LogP contribution in [0, 0.1) is 0 Å². The number of thioether (sulfide) groups is 1. The lowest BCUT2D eigenvalue weighted by molar-refractivity contribution is -0.131. The van der Waals surface area contributed by atoms with E-state index in [-0.39, 0.29) is 12.8 Å². The zero-order valence-electron chi connectivity index (χ0n) is 23.3. The van der Waals surface area contributed by atoms with Gasteiger partial charge in [0.1, 0.15) is 12.1 Å². The Balaban J connectivity index is 1.87. The van der Waals surface area contributed by atoms with Crippen LogP contribution in [-0.2, 0) is 36.8 Å². The minimum absolute atomic E-state index is 0.138. The fourth-order valence-corrected chi connectivity index (χ4v) is 4.26. The van der Waals surface area contributed by atoms with Gasteiger partial charge < -0.3 is 38.5 Å². The van der Waals surface area contributed by atoms with Crippen molar-refractivity contribution in [2.24, 2.45) is 17.2 Å². The summed E-state index contributed by atoms with van der Waals surface area (Å²) in [5, 5.41) is 9.97. The maximum atomic E-state index is 13.0. The Bertz CT molecular complexity index is 1240. The second-order valence-electron chi connectivity index (χ2n) is 9.42. The summed E-state index contributed by atoms with van der Waals surface area (Å²) in [5.74, 6) is -3.13. The number of hydrogen-bond donors (Lipinski definition) is 7. The quantitative estimate of drug-likeness (QED) is 0.111. The molecule has 0 spiro atoms. The average molecular weight is 600 g/mol. The molecule has 0 bridgehead atoms. The molecule has 10 N–H and O–H groups in total.